The maximum absolute atomic E-state index is 13.2. The molecule has 10 heteroatoms. The first-order valence-corrected chi connectivity index (χ1v) is 12.6. The number of aromatic nitrogens is 2. The highest BCUT2D eigenvalue weighted by Gasteiger charge is 2.37. The van der Waals surface area contributed by atoms with Crippen LogP contribution in [0.15, 0.2) is 54.9 Å². The number of ether oxygens (including phenoxy) is 3. The van der Waals surface area contributed by atoms with Gasteiger partial charge < -0.3 is 28.8 Å². The van der Waals surface area contributed by atoms with Gasteiger partial charge in [-0.2, -0.15) is 0 Å². The number of rotatable bonds is 10. The van der Waals surface area contributed by atoms with Crippen molar-refractivity contribution in [3.05, 3.63) is 72.1 Å². The lowest BCUT2D eigenvalue weighted by molar-refractivity contribution is -0.132. The average molecular weight is 527 g/mol. The molecule has 1 atom stereocenters. The number of aryl methyl sites for hydroxylation is 1. The molecule has 0 radical (unpaired) electrons. The van der Waals surface area contributed by atoms with Crippen molar-refractivity contribution in [1.29, 1.82) is 0 Å². The molecule has 1 aliphatic rings. The van der Waals surface area contributed by atoms with Crippen LogP contribution in [0.5, 0.6) is 17.2 Å². The largest absolute Gasteiger partial charge is 0.493 e. The fraction of sp³-hybridized carbons (Fsp3) is 0.429. The van der Waals surface area contributed by atoms with Gasteiger partial charge in [0, 0.05) is 45.5 Å². The lowest BCUT2D eigenvalue weighted by Crippen LogP contribution is -2.51. The molecule has 2 heterocycles. The third-order valence-corrected chi connectivity index (χ3v) is 6.60. The highest BCUT2D eigenvalue weighted by atomic mass is 19.1. The summed E-state index contributed by atoms with van der Waals surface area (Å²) in [5, 5.41) is 11.5. The van der Waals surface area contributed by atoms with Crippen molar-refractivity contribution in [1.82, 2.24) is 19.4 Å². The van der Waals surface area contributed by atoms with Crippen LogP contribution in [0, 0.1) is 12.7 Å². The smallest absolute Gasteiger partial charge is 0.219 e. The molecule has 1 aromatic heterocycles. The van der Waals surface area contributed by atoms with Crippen molar-refractivity contribution in [2.75, 3.05) is 46.5 Å². The second-order valence-corrected chi connectivity index (χ2v) is 9.62. The quantitative estimate of drug-likeness (QED) is 0.435. The van der Waals surface area contributed by atoms with Gasteiger partial charge in [-0.3, -0.25) is 9.69 Å². The van der Waals surface area contributed by atoms with E-state index in [4.69, 9.17) is 14.2 Å². The number of halogens is 1. The van der Waals surface area contributed by atoms with Gasteiger partial charge in [0.2, 0.25) is 5.91 Å². The third kappa shape index (κ3) is 7.23. The molecule has 0 bridgehead atoms. The molecule has 204 valence electrons. The van der Waals surface area contributed by atoms with Crippen LogP contribution in [0.1, 0.15) is 18.3 Å². The number of benzene rings is 2. The molecule has 0 saturated carbocycles. The van der Waals surface area contributed by atoms with Crippen LogP contribution in [-0.2, 0) is 17.9 Å². The lowest BCUT2D eigenvalue weighted by atomic mass is 10.0. The molecule has 38 heavy (non-hydrogen) atoms. The molecule has 1 saturated heterocycles. The topological polar surface area (TPSA) is 89.3 Å². The Hall–Kier alpha value is -3.63. The number of hydrogen-bond acceptors (Lipinski definition) is 7. The van der Waals surface area contributed by atoms with Crippen LogP contribution in [-0.4, -0.2) is 82.5 Å². The molecule has 9 nitrogen and oxygen atoms in total. The van der Waals surface area contributed by atoms with Gasteiger partial charge in [0.15, 0.2) is 11.5 Å². The van der Waals surface area contributed by atoms with Gasteiger partial charge in [0.05, 0.1) is 20.2 Å². The van der Waals surface area contributed by atoms with E-state index in [1.807, 2.05) is 35.9 Å². The average Bonchev–Trinajstić information content (AvgIpc) is 3.22. The molecule has 0 unspecified atom stereocenters. The van der Waals surface area contributed by atoms with Crippen LogP contribution in [0.3, 0.4) is 0 Å². The van der Waals surface area contributed by atoms with Crippen LogP contribution < -0.4 is 14.2 Å². The van der Waals surface area contributed by atoms with Gasteiger partial charge in [0.25, 0.3) is 0 Å². The fourth-order valence-electron chi connectivity index (χ4n) is 4.57. The Balaban J connectivity index is 1.42. The summed E-state index contributed by atoms with van der Waals surface area (Å²) in [7, 11) is 1.61. The van der Waals surface area contributed by atoms with E-state index in [2.05, 4.69) is 9.88 Å². The Bertz CT molecular complexity index is 1220. The molecule has 1 amide bonds. The van der Waals surface area contributed by atoms with E-state index in [9.17, 15) is 14.3 Å². The second-order valence-electron chi connectivity index (χ2n) is 9.62. The number of aliphatic hydroxyl groups is 1. The Morgan fingerprint density at radius 2 is 1.89 bits per heavy atom. The van der Waals surface area contributed by atoms with E-state index in [1.54, 1.807) is 18.2 Å². The summed E-state index contributed by atoms with van der Waals surface area (Å²) in [5.74, 6) is 2.19. The van der Waals surface area contributed by atoms with Gasteiger partial charge in [-0.1, -0.05) is 6.07 Å². The Kier molecular flexibility index (Phi) is 8.85. The number of hydrogen-bond donors (Lipinski definition) is 1. The molecule has 1 N–H and O–H groups in total. The van der Waals surface area contributed by atoms with Gasteiger partial charge in [-0.15, -0.1) is 0 Å². The van der Waals surface area contributed by atoms with Crippen molar-refractivity contribution in [3.63, 3.8) is 0 Å². The van der Waals surface area contributed by atoms with Crippen LogP contribution in [0.4, 0.5) is 4.39 Å². The predicted octanol–water partition coefficient (Wildman–Crippen LogP) is 2.89. The van der Waals surface area contributed by atoms with E-state index in [0.29, 0.717) is 56.6 Å². The molecule has 0 spiro atoms. The minimum atomic E-state index is -1.31. The molecule has 1 fully saturated rings. The van der Waals surface area contributed by atoms with Crippen molar-refractivity contribution in [2.24, 2.45) is 0 Å². The molecule has 2 aromatic carbocycles. The van der Waals surface area contributed by atoms with E-state index in [-0.39, 0.29) is 24.9 Å². The summed E-state index contributed by atoms with van der Waals surface area (Å²) < 4.78 is 32.6. The van der Waals surface area contributed by atoms with Crippen molar-refractivity contribution >= 4 is 5.91 Å². The van der Waals surface area contributed by atoms with Gasteiger partial charge in [0.1, 0.15) is 36.2 Å². The normalized spacial score (nSPS) is 18.2. The standard InChI is InChI=1S/C28H35FN4O5/c1-21-30-10-11-32(21)14-15-37-26-9-4-23(16-27(26)36-3)17-31-12-13-33(22(2)34)19-28(35,18-31)20-38-25-7-5-24(29)6-8-25/h4-11,16,35H,12-15,17-20H2,1-3H3/t28-/m1/s1. The highest BCUT2D eigenvalue weighted by Crippen LogP contribution is 2.29. The number of nitrogens with zero attached hydrogens (tertiary/aromatic N) is 4. The number of carbonyl (C=O) groups excluding carboxylic acids is 1. The van der Waals surface area contributed by atoms with E-state index in [0.717, 1.165) is 11.4 Å². The first-order valence-electron chi connectivity index (χ1n) is 12.6. The number of β-amino-alcohol motifs (C(OH)–C–C–N with tert-alkyl or cyclic N) is 1. The third-order valence-electron chi connectivity index (χ3n) is 6.60. The van der Waals surface area contributed by atoms with Gasteiger partial charge >= 0.3 is 0 Å². The van der Waals surface area contributed by atoms with Crippen molar-refractivity contribution in [3.8, 4) is 17.2 Å². The monoisotopic (exact) mass is 526 g/mol. The van der Waals surface area contributed by atoms with Gasteiger partial charge in [-0.05, 0) is 48.9 Å². The van der Waals surface area contributed by atoms with E-state index >= 15 is 0 Å². The molecular formula is C28H35FN4O5. The molecule has 0 aliphatic carbocycles. The maximum atomic E-state index is 13.2. The summed E-state index contributed by atoms with van der Waals surface area (Å²) in [5.41, 5.74) is -0.326. The summed E-state index contributed by atoms with van der Waals surface area (Å²) in [6.07, 6.45) is 3.68. The molecule has 4 rings (SSSR count). The Morgan fingerprint density at radius 1 is 1.11 bits per heavy atom. The van der Waals surface area contributed by atoms with Crippen LogP contribution in [0.25, 0.3) is 0 Å². The maximum Gasteiger partial charge on any atom is 0.219 e. The van der Waals surface area contributed by atoms with Crippen LogP contribution >= 0.6 is 0 Å². The zero-order valence-corrected chi connectivity index (χ0v) is 22.1. The van der Waals surface area contributed by atoms with Crippen molar-refractivity contribution < 1.29 is 28.5 Å². The van der Waals surface area contributed by atoms with E-state index < -0.39 is 5.60 Å². The van der Waals surface area contributed by atoms with Gasteiger partial charge in [-0.25, -0.2) is 9.37 Å². The molecular weight excluding hydrogens is 491 g/mol. The highest BCUT2D eigenvalue weighted by molar-refractivity contribution is 5.73. The van der Waals surface area contributed by atoms with Crippen molar-refractivity contribution in [2.45, 2.75) is 32.5 Å². The Labute approximate surface area is 222 Å². The first kappa shape index (κ1) is 27.4. The molecule has 3 aromatic rings. The number of carbonyl (C=O) groups is 1. The number of amides is 1. The van der Waals surface area contributed by atoms with Crippen LogP contribution in [0.2, 0.25) is 0 Å². The number of methoxy groups -OCH3 is 1. The minimum Gasteiger partial charge on any atom is -0.493 e. The summed E-state index contributed by atoms with van der Waals surface area (Å²) in [6.45, 7) is 6.61. The molecule has 1 aliphatic heterocycles. The SMILES string of the molecule is COc1cc(CN2CCN(C(C)=O)C[C@@](O)(COc3ccc(F)cc3)C2)ccc1OCCn1ccnc1C. The fourth-order valence-corrected chi connectivity index (χ4v) is 4.57. The summed E-state index contributed by atoms with van der Waals surface area (Å²) in [6, 6.07) is 11.4. The zero-order valence-electron chi connectivity index (χ0n) is 22.1. The summed E-state index contributed by atoms with van der Waals surface area (Å²) >= 11 is 0. The Morgan fingerprint density at radius 3 is 2.58 bits per heavy atom. The minimum absolute atomic E-state index is 0.0363. The first-order chi connectivity index (χ1) is 18.2. The second kappa shape index (κ2) is 12.3. The lowest BCUT2D eigenvalue weighted by Gasteiger charge is -2.32. The predicted molar refractivity (Wildman–Crippen MR) is 140 cm³/mol. The summed E-state index contributed by atoms with van der Waals surface area (Å²) in [4.78, 5) is 20.1. The number of imidazole rings is 1. The zero-order chi connectivity index (χ0) is 27.1. The van der Waals surface area contributed by atoms with E-state index in [1.165, 1.54) is 31.2 Å².